The molecule has 4 saturated heterocycles. The third-order valence-corrected chi connectivity index (χ3v) is 43.5. The van der Waals surface area contributed by atoms with Crippen LogP contribution in [0.3, 0.4) is 0 Å². The number of ether oxygens (including phenoxy) is 1. The van der Waals surface area contributed by atoms with Crippen molar-refractivity contribution in [2.24, 2.45) is 23.7 Å². The topological polar surface area (TPSA) is 9.23 Å². The first kappa shape index (κ1) is 92.7. The van der Waals surface area contributed by atoms with E-state index in [1.807, 2.05) is 18.2 Å². The van der Waals surface area contributed by atoms with Crippen molar-refractivity contribution in [3.8, 4) is 11.1 Å². The smallest absolute Gasteiger partial charge is 0.191 e. The van der Waals surface area contributed by atoms with Gasteiger partial charge in [0.15, 0.2) is 13.7 Å². The first-order valence-corrected chi connectivity index (χ1v) is 54.4. The van der Waals surface area contributed by atoms with Crippen molar-refractivity contribution in [2.45, 2.75) is 347 Å². The van der Waals surface area contributed by atoms with Gasteiger partial charge in [-0.15, -0.1) is 0 Å². The van der Waals surface area contributed by atoms with E-state index in [1.165, 1.54) is 246 Å². The number of unbranched alkanes of at least 4 members (excludes halogenated alkanes) is 10. The highest BCUT2D eigenvalue weighted by molar-refractivity contribution is 6.61. The fourth-order valence-corrected chi connectivity index (χ4v) is 36.4. The zero-order valence-electron chi connectivity index (χ0n) is 68.7. The molecule has 16 heteroatoms. The lowest BCUT2D eigenvalue weighted by Crippen LogP contribution is -2.29. The molecule has 3 saturated carbocycles. The summed E-state index contributed by atoms with van der Waals surface area (Å²) in [6.45, 7) is 2.49. The molecule has 7 aliphatic rings. The second kappa shape index (κ2) is 52.8. The summed E-state index contributed by atoms with van der Waals surface area (Å²) in [6.07, 6.45) is 45.1. The van der Waals surface area contributed by atoms with Crippen molar-refractivity contribution >= 4 is 35.2 Å². The summed E-state index contributed by atoms with van der Waals surface area (Å²) in [5.41, 5.74) is 10.2. The summed E-state index contributed by atoms with van der Waals surface area (Å²) >= 11 is 0. The van der Waals surface area contributed by atoms with Crippen LogP contribution in [-0.4, -0.2) is 75.6 Å². The normalized spacial score (nSPS) is 26.2. The summed E-state index contributed by atoms with van der Waals surface area (Å²) in [6, 6.07) is 45.5. The third-order valence-electron chi connectivity index (χ3n) is 28.1. The van der Waals surface area contributed by atoms with E-state index in [0.717, 1.165) is 116 Å². The lowest BCUT2D eigenvalue weighted by atomic mass is 9.72. The maximum absolute atomic E-state index is 13.9. The third kappa shape index (κ3) is 32.5. The zero-order chi connectivity index (χ0) is 79.0. The second-order valence-electron chi connectivity index (χ2n) is 35.4. The summed E-state index contributed by atoms with van der Waals surface area (Å²) < 4.78 is 142. The fourth-order valence-electron chi connectivity index (χ4n) is 20.9. The fraction of sp³-hybridized carbons (Fsp3) is 0.684. The Morgan fingerprint density at radius 3 is 1.20 bits per heavy atom. The van der Waals surface area contributed by atoms with Gasteiger partial charge < -0.3 is 4.74 Å². The van der Waals surface area contributed by atoms with E-state index in [2.05, 4.69) is 54.1 Å². The Hall–Kier alpha value is -3.84. The predicted molar refractivity (Wildman–Crippen MR) is 457 cm³/mol. The minimum Gasteiger partial charge on any atom is -0.319 e. The van der Waals surface area contributed by atoms with Crippen LogP contribution in [-0.2, 0) is 4.74 Å². The number of aryl methyl sites for hydroxylation is 1. The molecule has 4 aliphatic heterocycles. The first-order chi connectivity index (χ1) is 54.1. The van der Waals surface area contributed by atoms with E-state index in [0.29, 0.717) is 23.3 Å². The molecular formula is C95H143F11OSi4. The zero-order valence-corrected chi connectivity index (χ0v) is 73.3. The van der Waals surface area contributed by atoms with Crippen molar-refractivity contribution in [1.29, 1.82) is 0 Å². The first-order valence-electron chi connectivity index (χ1n) is 44.9. The molecule has 0 atom stereocenters. The van der Waals surface area contributed by atoms with Gasteiger partial charge in [0.2, 0.25) is 0 Å². The molecule has 0 unspecified atom stereocenters. The molecule has 0 bridgehead atoms. The average Bonchev–Trinajstić information content (AvgIpc) is 0.832. The monoisotopic (exact) mass is 1620 g/mol. The van der Waals surface area contributed by atoms with Crippen molar-refractivity contribution in [3.05, 3.63) is 165 Å². The van der Waals surface area contributed by atoms with Gasteiger partial charge in [0, 0.05) is 46.3 Å². The molecule has 1 nitrogen and oxygen atoms in total. The van der Waals surface area contributed by atoms with Crippen LogP contribution in [0.15, 0.2) is 97.1 Å². The highest BCUT2D eigenvalue weighted by Gasteiger charge is 2.36. The van der Waals surface area contributed by atoms with Crippen LogP contribution in [0.25, 0.3) is 11.1 Å². The van der Waals surface area contributed by atoms with Crippen LogP contribution in [0.5, 0.6) is 0 Å². The van der Waals surface area contributed by atoms with E-state index in [-0.39, 0.29) is 43.6 Å². The Bertz CT molecular complexity index is 3200. The largest absolute Gasteiger partial charge is 0.319 e. The molecule has 0 N–H and O–H groups in total. The highest BCUT2D eigenvalue weighted by Crippen LogP contribution is 2.48. The van der Waals surface area contributed by atoms with Gasteiger partial charge in [-0.05, 0) is 239 Å². The lowest BCUT2D eigenvalue weighted by Gasteiger charge is -2.37. The number of alkyl halides is 6. The highest BCUT2D eigenvalue weighted by atomic mass is 28.3. The van der Waals surface area contributed by atoms with E-state index in [1.54, 1.807) is 54.0 Å². The number of hydrogen-bond acceptors (Lipinski definition) is 1. The molecule has 3 aliphatic carbocycles. The van der Waals surface area contributed by atoms with E-state index >= 15 is 0 Å². The molecule has 0 radical (unpaired) electrons. The summed E-state index contributed by atoms with van der Waals surface area (Å²) in [4.78, 5) is 0. The lowest BCUT2D eigenvalue weighted by molar-refractivity contribution is 0.00297. The SMILES string of the molecule is Cc1c(F)cc(-c2ccc(C3CC[SiH](CCCCCF)CC3)cc2)cc1F.Cc1c(F)cc(C2CC[SiH](C3CCC(CCCCF)CC3)CC2)cc1F.Cc1ccc(C2CCC([SiH]3CCC(CCCCCCF)CC3)CC2)cc1.FCCCCCCC[SiH]1CCC(C2CCC(c3cccc(F)c3)CC2)CC1.FCOCF. The van der Waals surface area contributed by atoms with Crippen LogP contribution in [0, 0.1) is 73.5 Å². The molecule has 5 aromatic carbocycles. The van der Waals surface area contributed by atoms with E-state index < -0.39 is 72.2 Å². The van der Waals surface area contributed by atoms with Gasteiger partial charge in [-0.25, -0.2) is 30.7 Å². The molecule has 0 aromatic heterocycles. The van der Waals surface area contributed by atoms with Gasteiger partial charge in [-0.2, -0.15) is 0 Å². The van der Waals surface area contributed by atoms with Gasteiger partial charge in [0.1, 0.15) is 29.1 Å². The maximum Gasteiger partial charge on any atom is 0.191 e. The average molecular weight is 1620 g/mol. The van der Waals surface area contributed by atoms with Crippen molar-refractivity contribution in [2.75, 3.05) is 40.4 Å². The minimum atomic E-state index is -1.03. The Balaban J connectivity index is 0.000000182. The standard InChI is InChI=1S/C24H38F2Si.C24H39FSi.C23H29F3Si.C22H33F3Si.C2H4F2O/c25-15-4-2-1-3-5-16-27-17-13-22(14-18-27)20-9-11-21(12-10-20)23-7-6-8-24(26)19-23;1-20-7-9-22(10-8-20)23-11-13-24(14-12-23)26-18-15-21(16-19-26)6-4-2-3-5-17-25;1-17-22(25)15-21(16-23(17)26)19-7-5-18(6-8-19)20-9-13-27(14-10-20)12-4-2-3-11-24;1-16-21(24)14-19(15-22(16)25)18-9-12-26(13-10-18)20-7-5-17(6-8-20)4-2-3-11-23;3-1-5-2-4/h6-8,19-22,27H,1-5,9-18H2;7-10,21,23-24,26H,2-6,11-19H2,1H3;5-8,15-16,20,27H,2-4,9-14H2,1H3;14-15,17-18,20,26H,2-13H2,1H3;1-2H2. The molecule has 12 rings (SSSR count). The van der Waals surface area contributed by atoms with Gasteiger partial charge >= 0.3 is 0 Å². The van der Waals surface area contributed by atoms with Crippen molar-refractivity contribution in [3.63, 3.8) is 0 Å². The Morgan fingerprint density at radius 2 is 0.694 bits per heavy atom. The maximum atomic E-state index is 13.9. The molecule has 5 aromatic rings. The second-order valence-corrected chi connectivity index (χ2v) is 49.6. The van der Waals surface area contributed by atoms with E-state index in [4.69, 9.17) is 0 Å². The molecule has 4 heterocycles. The Labute approximate surface area is 671 Å². The number of hydrogen-bond donors (Lipinski definition) is 0. The van der Waals surface area contributed by atoms with Crippen molar-refractivity contribution < 1.29 is 53.0 Å². The summed E-state index contributed by atoms with van der Waals surface area (Å²) in [7, 11) is -2.26. The number of benzene rings is 5. The molecule has 0 spiro atoms. The molecule has 622 valence electrons. The van der Waals surface area contributed by atoms with Crippen LogP contribution < -0.4 is 0 Å². The van der Waals surface area contributed by atoms with E-state index in [9.17, 15) is 48.3 Å². The Kier molecular flexibility index (Phi) is 44.0. The van der Waals surface area contributed by atoms with Crippen LogP contribution in [0.4, 0.5) is 48.3 Å². The molecule has 111 heavy (non-hydrogen) atoms. The van der Waals surface area contributed by atoms with Crippen LogP contribution >= 0.6 is 0 Å². The Morgan fingerprint density at radius 1 is 0.315 bits per heavy atom. The number of halogens is 11. The van der Waals surface area contributed by atoms with Crippen LogP contribution in [0.1, 0.15) is 294 Å². The number of rotatable bonds is 32. The van der Waals surface area contributed by atoms with Gasteiger partial charge in [-0.3, -0.25) is 17.6 Å². The predicted octanol–water partition coefficient (Wildman–Crippen LogP) is 30.4. The van der Waals surface area contributed by atoms with Gasteiger partial charge in [0.05, 0.1) is 26.7 Å². The summed E-state index contributed by atoms with van der Waals surface area (Å²) in [5.74, 6) is 4.26. The minimum absolute atomic E-state index is 0.0704. The van der Waals surface area contributed by atoms with Gasteiger partial charge in [0.25, 0.3) is 0 Å². The van der Waals surface area contributed by atoms with Crippen LogP contribution in [0.2, 0.25) is 71.5 Å². The summed E-state index contributed by atoms with van der Waals surface area (Å²) in [5, 5.41) is 0. The molecule has 7 fully saturated rings. The molecular weight excluding hydrogens is 1480 g/mol. The molecule has 0 amide bonds. The van der Waals surface area contributed by atoms with Gasteiger partial charge in [-0.1, -0.05) is 268 Å². The van der Waals surface area contributed by atoms with Crippen molar-refractivity contribution in [1.82, 2.24) is 0 Å². The quantitative estimate of drug-likeness (QED) is 0.0237.